The number of carbonyl (C=O) groups is 1. The lowest BCUT2D eigenvalue weighted by Crippen LogP contribution is -2.12. The number of aromatic nitrogens is 3. The Balaban J connectivity index is 1.94. The number of anilines is 1. The molecule has 6 heteroatoms. The first-order valence-corrected chi connectivity index (χ1v) is 6.27. The number of amides is 1. The monoisotopic (exact) mass is 258 g/mol. The minimum absolute atomic E-state index is 0.181. The Kier molecular flexibility index (Phi) is 2.56. The van der Waals surface area contributed by atoms with Crippen LogP contribution in [-0.2, 0) is 0 Å². The molecule has 0 radical (unpaired) electrons. The number of nitrogens with one attached hydrogen (secondary N) is 2. The Labute approximate surface area is 107 Å². The lowest BCUT2D eigenvalue weighted by molar-refractivity contribution is 0.102. The molecule has 5 nitrogen and oxygen atoms in total. The van der Waals surface area contributed by atoms with Crippen molar-refractivity contribution in [3.8, 4) is 0 Å². The largest absolute Gasteiger partial charge is 0.298 e. The zero-order valence-corrected chi connectivity index (χ0v) is 10.4. The van der Waals surface area contributed by atoms with Gasteiger partial charge in [0.05, 0.1) is 23.0 Å². The minimum Gasteiger partial charge on any atom is -0.298 e. The molecular weight excluding hydrogens is 248 g/mol. The van der Waals surface area contributed by atoms with Crippen LogP contribution in [-0.4, -0.2) is 21.1 Å². The van der Waals surface area contributed by atoms with Gasteiger partial charge in [-0.15, -0.1) is 11.3 Å². The first-order chi connectivity index (χ1) is 8.74. The summed E-state index contributed by atoms with van der Waals surface area (Å²) in [5, 5.41) is 13.0. The van der Waals surface area contributed by atoms with Crippen LogP contribution >= 0.6 is 11.3 Å². The number of benzene rings is 1. The van der Waals surface area contributed by atoms with Crippen molar-refractivity contribution >= 4 is 33.3 Å². The number of aryl methyl sites for hydroxylation is 1. The van der Waals surface area contributed by atoms with E-state index in [1.807, 2.05) is 24.4 Å². The highest BCUT2D eigenvalue weighted by Crippen LogP contribution is 2.19. The smallest absolute Gasteiger partial charge is 0.259 e. The molecule has 0 aliphatic heterocycles. The van der Waals surface area contributed by atoms with Crippen LogP contribution < -0.4 is 5.32 Å². The number of para-hydroxylation sites is 1. The van der Waals surface area contributed by atoms with Gasteiger partial charge >= 0.3 is 0 Å². The predicted molar refractivity (Wildman–Crippen MR) is 70.9 cm³/mol. The Morgan fingerprint density at radius 1 is 1.44 bits per heavy atom. The quantitative estimate of drug-likeness (QED) is 0.742. The topological polar surface area (TPSA) is 70.7 Å². The number of H-pyrrole nitrogens is 1. The maximum absolute atomic E-state index is 12.1. The fraction of sp³-hybridized carbons (Fsp3) is 0.0833. The van der Waals surface area contributed by atoms with Crippen LogP contribution in [0.5, 0.6) is 0 Å². The van der Waals surface area contributed by atoms with E-state index in [1.165, 1.54) is 11.3 Å². The molecule has 3 aromatic rings. The second-order valence-electron chi connectivity index (χ2n) is 3.89. The van der Waals surface area contributed by atoms with Crippen molar-refractivity contribution in [3.63, 3.8) is 0 Å². The van der Waals surface area contributed by atoms with Crippen molar-refractivity contribution in [2.75, 3.05) is 5.32 Å². The maximum Gasteiger partial charge on any atom is 0.259 e. The molecule has 0 aliphatic rings. The summed E-state index contributed by atoms with van der Waals surface area (Å²) < 4.78 is 0. The normalized spacial score (nSPS) is 10.7. The number of rotatable bonds is 2. The van der Waals surface area contributed by atoms with Gasteiger partial charge < -0.3 is 0 Å². The SMILES string of the molecule is Cc1csc(NC(=O)c2cccc3cn[nH]c23)n1. The number of carbonyl (C=O) groups excluding carboxylic acids is 1. The van der Waals surface area contributed by atoms with E-state index >= 15 is 0 Å². The van der Waals surface area contributed by atoms with E-state index in [-0.39, 0.29) is 5.91 Å². The highest BCUT2D eigenvalue weighted by Gasteiger charge is 2.12. The highest BCUT2D eigenvalue weighted by molar-refractivity contribution is 7.13. The summed E-state index contributed by atoms with van der Waals surface area (Å²) in [4.78, 5) is 16.3. The van der Waals surface area contributed by atoms with Gasteiger partial charge in [-0.2, -0.15) is 5.10 Å². The number of aromatic amines is 1. The van der Waals surface area contributed by atoms with Gasteiger partial charge in [-0.05, 0) is 13.0 Å². The summed E-state index contributed by atoms with van der Waals surface area (Å²) in [5.41, 5.74) is 2.20. The van der Waals surface area contributed by atoms with Crippen LogP contribution in [0.1, 0.15) is 16.1 Å². The van der Waals surface area contributed by atoms with Gasteiger partial charge in [0, 0.05) is 10.8 Å². The lowest BCUT2D eigenvalue weighted by Gasteiger charge is -2.02. The van der Waals surface area contributed by atoms with Crippen molar-refractivity contribution in [1.29, 1.82) is 0 Å². The van der Waals surface area contributed by atoms with E-state index in [4.69, 9.17) is 0 Å². The van der Waals surface area contributed by atoms with Gasteiger partial charge in [-0.3, -0.25) is 15.2 Å². The van der Waals surface area contributed by atoms with Crippen molar-refractivity contribution in [1.82, 2.24) is 15.2 Å². The van der Waals surface area contributed by atoms with E-state index in [0.29, 0.717) is 10.7 Å². The third kappa shape index (κ3) is 1.86. The Morgan fingerprint density at radius 3 is 3.11 bits per heavy atom. The van der Waals surface area contributed by atoms with Crippen LogP contribution in [0, 0.1) is 6.92 Å². The fourth-order valence-corrected chi connectivity index (χ4v) is 2.42. The van der Waals surface area contributed by atoms with Crippen molar-refractivity contribution in [2.24, 2.45) is 0 Å². The molecule has 0 saturated carbocycles. The summed E-state index contributed by atoms with van der Waals surface area (Å²) >= 11 is 1.41. The number of fused-ring (bicyclic) bond motifs is 1. The summed E-state index contributed by atoms with van der Waals surface area (Å²) in [6, 6.07) is 5.50. The average Bonchev–Trinajstić information content (AvgIpc) is 2.97. The fourth-order valence-electron chi connectivity index (χ4n) is 1.73. The first kappa shape index (κ1) is 10.9. The van der Waals surface area contributed by atoms with Gasteiger partial charge in [0.2, 0.25) is 0 Å². The Bertz CT molecular complexity index is 716. The van der Waals surface area contributed by atoms with E-state index < -0.39 is 0 Å². The van der Waals surface area contributed by atoms with Crippen molar-refractivity contribution < 1.29 is 4.79 Å². The van der Waals surface area contributed by atoms with E-state index in [2.05, 4.69) is 20.5 Å². The molecule has 0 atom stereocenters. The van der Waals surface area contributed by atoms with E-state index in [1.54, 1.807) is 12.3 Å². The molecule has 0 fully saturated rings. The number of nitrogens with zero attached hydrogens (tertiary/aromatic N) is 2. The van der Waals surface area contributed by atoms with E-state index in [9.17, 15) is 4.79 Å². The third-order valence-electron chi connectivity index (χ3n) is 2.56. The van der Waals surface area contributed by atoms with Gasteiger partial charge in [-0.25, -0.2) is 4.98 Å². The molecule has 1 aromatic carbocycles. The maximum atomic E-state index is 12.1. The number of hydrogen-bond acceptors (Lipinski definition) is 4. The van der Waals surface area contributed by atoms with Crippen molar-refractivity contribution in [2.45, 2.75) is 6.92 Å². The van der Waals surface area contributed by atoms with Crippen molar-refractivity contribution in [3.05, 3.63) is 41.0 Å². The summed E-state index contributed by atoms with van der Waals surface area (Å²) in [7, 11) is 0. The predicted octanol–water partition coefficient (Wildman–Crippen LogP) is 2.58. The van der Waals surface area contributed by atoms with Gasteiger partial charge in [0.25, 0.3) is 5.91 Å². The minimum atomic E-state index is -0.181. The molecule has 0 saturated heterocycles. The zero-order valence-electron chi connectivity index (χ0n) is 9.60. The average molecular weight is 258 g/mol. The molecule has 0 unspecified atom stereocenters. The second kappa shape index (κ2) is 4.23. The standard InChI is InChI=1S/C12H10N4OS/c1-7-6-18-12(14-7)15-11(17)9-4-2-3-8-5-13-16-10(8)9/h2-6H,1H3,(H,13,16)(H,14,15,17). The molecular formula is C12H10N4OS. The van der Waals surface area contributed by atoms with Crippen LogP contribution in [0.2, 0.25) is 0 Å². The number of hydrogen-bond donors (Lipinski definition) is 2. The Morgan fingerprint density at radius 2 is 2.33 bits per heavy atom. The van der Waals surface area contributed by atoms with Crippen LogP contribution in [0.25, 0.3) is 10.9 Å². The summed E-state index contributed by atoms with van der Waals surface area (Å²) in [6.45, 7) is 1.89. The lowest BCUT2D eigenvalue weighted by atomic mass is 10.1. The molecule has 3 rings (SSSR count). The summed E-state index contributed by atoms with van der Waals surface area (Å²) in [6.07, 6.45) is 1.69. The molecule has 2 aromatic heterocycles. The molecule has 0 bridgehead atoms. The third-order valence-corrected chi connectivity index (χ3v) is 3.44. The van der Waals surface area contributed by atoms with Crippen LogP contribution in [0.15, 0.2) is 29.8 Å². The van der Waals surface area contributed by atoms with Gasteiger partial charge in [0.1, 0.15) is 0 Å². The van der Waals surface area contributed by atoms with E-state index in [0.717, 1.165) is 16.6 Å². The highest BCUT2D eigenvalue weighted by atomic mass is 32.1. The van der Waals surface area contributed by atoms with Crippen LogP contribution in [0.4, 0.5) is 5.13 Å². The van der Waals surface area contributed by atoms with Gasteiger partial charge in [-0.1, -0.05) is 12.1 Å². The van der Waals surface area contributed by atoms with Gasteiger partial charge in [0.15, 0.2) is 5.13 Å². The van der Waals surface area contributed by atoms with Crippen LogP contribution in [0.3, 0.4) is 0 Å². The molecule has 18 heavy (non-hydrogen) atoms. The molecule has 2 N–H and O–H groups in total. The molecule has 1 amide bonds. The molecule has 90 valence electrons. The molecule has 2 heterocycles. The molecule has 0 aliphatic carbocycles. The zero-order chi connectivity index (χ0) is 12.5. The Hall–Kier alpha value is -2.21. The number of thiazole rings is 1. The molecule has 0 spiro atoms. The summed E-state index contributed by atoms with van der Waals surface area (Å²) in [5.74, 6) is -0.181. The first-order valence-electron chi connectivity index (χ1n) is 5.39. The second-order valence-corrected chi connectivity index (χ2v) is 4.75.